The quantitative estimate of drug-likeness (QED) is 0.808. The maximum Gasteiger partial charge on any atom is 0.0641 e. The van der Waals surface area contributed by atoms with Gasteiger partial charge in [0.05, 0.1) is 5.69 Å². The first kappa shape index (κ1) is 16.8. The van der Waals surface area contributed by atoms with Crippen LogP contribution in [0.25, 0.3) is 0 Å². The smallest absolute Gasteiger partial charge is 0.0641 e. The van der Waals surface area contributed by atoms with Gasteiger partial charge in [0.1, 0.15) is 0 Å². The van der Waals surface area contributed by atoms with E-state index in [-0.39, 0.29) is 0 Å². The van der Waals surface area contributed by atoms with Crippen molar-refractivity contribution in [2.45, 2.75) is 65.5 Å². The molecule has 2 aliphatic rings. The Hall–Kier alpha value is -1.61. The lowest BCUT2D eigenvalue weighted by Gasteiger charge is -2.30. The van der Waals surface area contributed by atoms with E-state index >= 15 is 0 Å². The van der Waals surface area contributed by atoms with Crippen molar-refractivity contribution in [3.63, 3.8) is 0 Å². The van der Waals surface area contributed by atoms with Crippen molar-refractivity contribution in [1.29, 1.82) is 0 Å². The Kier molecular flexibility index (Phi) is 4.45. The summed E-state index contributed by atoms with van der Waals surface area (Å²) < 4.78 is 2.15. The van der Waals surface area contributed by atoms with Crippen LogP contribution in [0.5, 0.6) is 0 Å². The third kappa shape index (κ3) is 2.93. The molecule has 1 saturated heterocycles. The van der Waals surface area contributed by atoms with Gasteiger partial charge in [0.25, 0.3) is 0 Å². The van der Waals surface area contributed by atoms with Crippen LogP contribution in [0.3, 0.4) is 0 Å². The zero-order chi connectivity index (χ0) is 17.4. The number of nitrogens with zero attached hydrogens (tertiary/aromatic N) is 3. The van der Waals surface area contributed by atoms with Gasteiger partial charge in [-0.25, -0.2) is 0 Å². The fourth-order valence-corrected chi connectivity index (χ4v) is 5.42. The molecule has 0 radical (unpaired) electrons. The highest BCUT2D eigenvalue weighted by Crippen LogP contribution is 2.53. The number of benzene rings is 1. The van der Waals surface area contributed by atoms with E-state index in [1.54, 1.807) is 5.56 Å². The molecule has 1 spiro atoms. The Bertz CT molecular complexity index is 725. The molecule has 3 nitrogen and oxygen atoms in total. The minimum atomic E-state index is 0.504. The first-order chi connectivity index (χ1) is 12.1. The van der Waals surface area contributed by atoms with Gasteiger partial charge in [-0.2, -0.15) is 5.10 Å². The molecule has 0 bridgehead atoms. The summed E-state index contributed by atoms with van der Waals surface area (Å²) in [6.07, 6.45) is 5.61. The Morgan fingerprint density at radius 1 is 1.12 bits per heavy atom. The molecule has 4 rings (SSSR count). The summed E-state index contributed by atoms with van der Waals surface area (Å²) in [5, 5.41) is 4.73. The van der Waals surface area contributed by atoms with Gasteiger partial charge in [-0.3, -0.25) is 9.58 Å². The minimum absolute atomic E-state index is 0.504. The average Bonchev–Trinajstić information content (AvgIpc) is 3.31. The number of rotatable bonds is 4. The zero-order valence-corrected chi connectivity index (χ0v) is 16.0. The summed E-state index contributed by atoms with van der Waals surface area (Å²) >= 11 is 0. The summed E-state index contributed by atoms with van der Waals surface area (Å²) in [5.74, 6) is 0.693. The van der Waals surface area contributed by atoms with E-state index in [2.05, 4.69) is 60.7 Å². The van der Waals surface area contributed by atoms with Crippen LogP contribution in [0.1, 0.15) is 61.0 Å². The second-order valence-electron chi connectivity index (χ2n) is 8.17. The van der Waals surface area contributed by atoms with Crippen LogP contribution in [0.4, 0.5) is 0 Å². The molecule has 25 heavy (non-hydrogen) atoms. The largest absolute Gasteiger partial charge is 0.298 e. The van der Waals surface area contributed by atoms with E-state index in [0.29, 0.717) is 11.3 Å². The fourth-order valence-electron chi connectivity index (χ4n) is 5.42. The van der Waals surface area contributed by atoms with Crippen molar-refractivity contribution in [2.75, 3.05) is 13.1 Å². The lowest BCUT2D eigenvalue weighted by molar-refractivity contribution is 0.246. The van der Waals surface area contributed by atoms with Crippen LogP contribution in [0.2, 0.25) is 0 Å². The number of likely N-dealkylation sites (tertiary alicyclic amines) is 1. The molecule has 1 aromatic heterocycles. The molecule has 0 amide bonds. The van der Waals surface area contributed by atoms with Crippen molar-refractivity contribution in [2.24, 2.45) is 5.41 Å². The van der Waals surface area contributed by atoms with E-state index in [1.165, 1.54) is 55.7 Å². The molecule has 1 aliphatic heterocycles. The van der Waals surface area contributed by atoms with Crippen molar-refractivity contribution < 1.29 is 0 Å². The third-order valence-corrected chi connectivity index (χ3v) is 6.73. The first-order valence-electron chi connectivity index (χ1n) is 9.93. The van der Waals surface area contributed by atoms with Crippen molar-refractivity contribution in [3.05, 3.63) is 52.8 Å². The molecule has 2 aromatic rings. The van der Waals surface area contributed by atoms with Crippen molar-refractivity contribution in [1.82, 2.24) is 14.7 Å². The molecule has 2 fully saturated rings. The standard InChI is InChI=1S/C22H31N3/c1-4-25-18(3)20(17(2)23-25)14-24-15-21(19-10-6-5-7-11-19)22(16-24)12-8-9-13-22/h5-7,10-11,21H,4,8-9,12-16H2,1-3H3/t21-/m0/s1. The van der Waals surface area contributed by atoms with E-state index in [1.807, 2.05) is 0 Å². The number of aryl methyl sites for hydroxylation is 2. The number of hydrogen-bond acceptors (Lipinski definition) is 2. The Balaban J connectivity index is 1.60. The zero-order valence-electron chi connectivity index (χ0n) is 16.0. The molecule has 0 unspecified atom stereocenters. The van der Waals surface area contributed by atoms with Gasteiger partial charge < -0.3 is 0 Å². The summed E-state index contributed by atoms with van der Waals surface area (Å²) in [7, 11) is 0. The topological polar surface area (TPSA) is 21.1 Å². The predicted molar refractivity (Wildman–Crippen MR) is 103 cm³/mol. The molecule has 2 heterocycles. The lowest BCUT2D eigenvalue weighted by atomic mass is 9.73. The second kappa shape index (κ2) is 6.60. The van der Waals surface area contributed by atoms with Crippen LogP contribution in [0.15, 0.2) is 30.3 Å². The average molecular weight is 338 g/mol. The maximum atomic E-state index is 4.73. The molecule has 3 heteroatoms. The Morgan fingerprint density at radius 3 is 2.48 bits per heavy atom. The highest BCUT2D eigenvalue weighted by atomic mass is 15.3. The molecule has 1 aliphatic carbocycles. The number of hydrogen-bond donors (Lipinski definition) is 0. The van der Waals surface area contributed by atoms with Crippen LogP contribution < -0.4 is 0 Å². The van der Waals surface area contributed by atoms with Gasteiger partial charge >= 0.3 is 0 Å². The third-order valence-electron chi connectivity index (χ3n) is 6.73. The SMILES string of the molecule is CCn1nc(C)c(CN2C[C@@H](c3ccccc3)C3(CCCC3)C2)c1C. The minimum Gasteiger partial charge on any atom is -0.298 e. The van der Waals surface area contributed by atoms with Gasteiger partial charge in [-0.1, -0.05) is 43.2 Å². The van der Waals surface area contributed by atoms with E-state index in [9.17, 15) is 0 Å². The predicted octanol–water partition coefficient (Wildman–Crippen LogP) is 4.68. The fraction of sp³-hybridized carbons (Fsp3) is 0.591. The van der Waals surface area contributed by atoms with Crippen molar-refractivity contribution in [3.8, 4) is 0 Å². The van der Waals surface area contributed by atoms with E-state index in [0.717, 1.165) is 13.1 Å². The normalized spacial score (nSPS) is 22.9. The maximum absolute atomic E-state index is 4.73. The highest BCUT2D eigenvalue weighted by Gasteiger charge is 2.48. The monoisotopic (exact) mass is 337 g/mol. The van der Waals surface area contributed by atoms with Crippen LogP contribution >= 0.6 is 0 Å². The van der Waals surface area contributed by atoms with Crippen LogP contribution in [-0.4, -0.2) is 27.8 Å². The molecule has 0 N–H and O–H groups in total. The molecule has 1 atom stereocenters. The van der Waals surface area contributed by atoms with Crippen LogP contribution in [0, 0.1) is 19.3 Å². The summed E-state index contributed by atoms with van der Waals surface area (Å²) in [5.41, 5.74) is 6.06. The van der Waals surface area contributed by atoms with E-state index in [4.69, 9.17) is 5.10 Å². The molecule has 1 aromatic carbocycles. The van der Waals surface area contributed by atoms with E-state index < -0.39 is 0 Å². The van der Waals surface area contributed by atoms with Gasteiger partial charge in [0, 0.05) is 43.4 Å². The van der Waals surface area contributed by atoms with Gasteiger partial charge in [0.15, 0.2) is 0 Å². The molecular weight excluding hydrogens is 306 g/mol. The summed E-state index contributed by atoms with van der Waals surface area (Å²) in [6, 6.07) is 11.3. The number of aromatic nitrogens is 2. The second-order valence-corrected chi connectivity index (χ2v) is 8.17. The summed E-state index contributed by atoms with van der Waals surface area (Å²) in [6.45, 7) is 11.0. The van der Waals surface area contributed by atoms with Gasteiger partial charge in [-0.05, 0) is 44.6 Å². The molecule has 1 saturated carbocycles. The summed E-state index contributed by atoms with van der Waals surface area (Å²) in [4.78, 5) is 2.71. The molecular formula is C22H31N3. The lowest BCUT2D eigenvalue weighted by Crippen LogP contribution is -2.26. The first-order valence-corrected chi connectivity index (χ1v) is 9.93. The highest BCUT2D eigenvalue weighted by molar-refractivity contribution is 5.28. The Morgan fingerprint density at radius 2 is 1.84 bits per heavy atom. The van der Waals surface area contributed by atoms with Gasteiger partial charge in [0.2, 0.25) is 0 Å². The Labute approximate surface area is 152 Å². The van der Waals surface area contributed by atoms with Gasteiger partial charge in [-0.15, -0.1) is 0 Å². The van der Waals surface area contributed by atoms with Crippen molar-refractivity contribution >= 4 is 0 Å². The molecule has 134 valence electrons. The van der Waals surface area contributed by atoms with Crippen LogP contribution in [-0.2, 0) is 13.1 Å².